The van der Waals surface area contributed by atoms with Gasteiger partial charge in [0.15, 0.2) is 6.20 Å². The molecule has 4 heteroatoms. The van der Waals surface area contributed by atoms with Crippen molar-refractivity contribution >= 4 is 0 Å². The molecule has 0 N–H and O–H groups in total. The van der Waals surface area contributed by atoms with Crippen LogP contribution in [-0.2, 0) is 18.6 Å². The molecular weight excluding hydrogens is 467 g/mol. The molecule has 0 atom stereocenters. The van der Waals surface area contributed by atoms with Gasteiger partial charge in [0.2, 0.25) is 5.69 Å². The molecule has 37 heavy (non-hydrogen) atoms. The molecule has 1 aromatic heterocycles. The third-order valence-electron chi connectivity index (χ3n) is 6.61. The third-order valence-corrected chi connectivity index (χ3v) is 6.61. The number of aromatic nitrogens is 1. The molecule has 0 amide bonds. The summed E-state index contributed by atoms with van der Waals surface area (Å²) in [5, 5.41) is 0. The highest BCUT2D eigenvalue weighted by molar-refractivity contribution is 5.79. The first-order chi connectivity index (χ1) is 20.8. The summed E-state index contributed by atoms with van der Waals surface area (Å²) < 4.78 is 116. The van der Waals surface area contributed by atoms with E-state index in [-0.39, 0.29) is 27.8 Å². The van der Waals surface area contributed by atoms with E-state index >= 15 is 0 Å². The second-order valence-corrected chi connectivity index (χ2v) is 10.4. The Balaban J connectivity index is 2.09. The lowest BCUT2D eigenvalue weighted by Gasteiger charge is -2.23. The van der Waals surface area contributed by atoms with E-state index in [0.717, 1.165) is 17.7 Å². The number of aryl methyl sites for hydroxylation is 5. The van der Waals surface area contributed by atoms with Crippen molar-refractivity contribution in [1.82, 2.24) is 0 Å². The number of rotatable bonds is 3. The Hall–Kier alpha value is -3.40. The first kappa shape index (κ1) is 17.2. The van der Waals surface area contributed by atoms with Gasteiger partial charge in [-0.3, -0.25) is 0 Å². The highest BCUT2D eigenvalue weighted by Gasteiger charge is 2.30. The number of pyridine rings is 1. The average molecular weight is 512 g/mol. The second-order valence-electron chi connectivity index (χ2n) is 10.4. The van der Waals surface area contributed by atoms with Crippen LogP contribution in [0.2, 0.25) is 0 Å². The Labute approximate surface area is 231 Å². The predicted octanol–water partition coefficient (Wildman–Crippen LogP) is 9.06. The van der Waals surface area contributed by atoms with Gasteiger partial charge in [-0.15, -0.1) is 0 Å². The van der Waals surface area contributed by atoms with Gasteiger partial charge in [0, 0.05) is 29.5 Å². The normalized spacial score (nSPS) is 16.8. The molecule has 0 saturated heterocycles. The summed E-state index contributed by atoms with van der Waals surface area (Å²) in [5.74, 6) is 0. The van der Waals surface area contributed by atoms with Crippen molar-refractivity contribution in [2.75, 3.05) is 0 Å². The van der Waals surface area contributed by atoms with Crippen LogP contribution < -0.4 is 4.57 Å². The van der Waals surface area contributed by atoms with Gasteiger partial charge in [0.05, 0.1) is 5.56 Å². The van der Waals surface area contributed by atoms with Crippen molar-refractivity contribution in [2.24, 2.45) is 7.05 Å². The molecule has 0 aliphatic carbocycles. The predicted molar refractivity (Wildman–Crippen MR) is 147 cm³/mol. The zero-order chi connectivity index (χ0) is 34.8. The Kier molecular flexibility index (Phi) is 4.40. The van der Waals surface area contributed by atoms with Crippen LogP contribution in [0.5, 0.6) is 0 Å². The largest absolute Gasteiger partial charge is 0.416 e. The maximum Gasteiger partial charge on any atom is 0.416 e. The van der Waals surface area contributed by atoms with Gasteiger partial charge < -0.3 is 0 Å². The van der Waals surface area contributed by atoms with E-state index in [1.165, 1.54) is 36.5 Å². The fourth-order valence-corrected chi connectivity index (χ4v) is 4.42. The molecule has 0 bridgehead atoms. The van der Waals surface area contributed by atoms with E-state index in [9.17, 15) is 13.2 Å². The number of halogens is 3. The van der Waals surface area contributed by atoms with Crippen LogP contribution in [-0.4, -0.2) is 0 Å². The fourth-order valence-electron chi connectivity index (χ4n) is 4.42. The number of benzene rings is 3. The summed E-state index contributed by atoms with van der Waals surface area (Å²) in [7, 11) is 1.62. The minimum atomic E-state index is -4.49. The van der Waals surface area contributed by atoms with Crippen LogP contribution in [0.1, 0.15) is 66.5 Å². The van der Waals surface area contributed by atoms with E-state index in [1.807, 2.05) is 27.7 Å². The summed E-state index contributed by atoms with van der Waals surface area (Å²) in [4.78, 5) is 0. The molecule has 0 radical (unpaired) electrons. The zero-order valence-electron chi connectivity index (χ0n) is 30.4. The van der Waals surface area contributed by atoms with Crippen LogP contribution in [0.4, 0.5) is 13.2 Å². The standard InChI is InChI=1S/C33H35F3N/c1-20-9-10-25(24-11-13-26(14-12-24)33(34,35)36)17-28(20)30-18-29(23(4)19-37(30)8)31-21(2)15-27(16-22(31)3)32(5,6)7/h9-19H,1-8H3/q+1/i2D3,3D3,4D3. The van der Waals surface area contributed by atoms with Crippen LogP contribution >= 0.6 is 0 Å². The smallest absolute Gasteiger partial charge is 0.201 e. The van der Waals surface area contributed by atoms with Crippen molar-refractivity contribution in [3.05, 3.63) is 100 Å². The number of alkyl halides is 3. The lowest BCUT2D eigenvalue weighted by Crippen LogP contribution is -2.31. The molecule has 1 nitrogen and oxygen atoms in total. The fraction of sp³-hybridized carbons (Fsp3) is 0.303. The molecule has 0 unspecified atom stereocenters. The molecule has 1 heterocycles. The average Bonchev–Trinajstić information content (AvgIpc) is 2.90. The monoisotopic (exact) mass is 511 g/mol. The van der Waals surface area contributed by atoms with Gasteiger partial charge in [0.1, 0.15) is 7.05 Å². The van der Waals surface area contributed by atoms with E-state index in [2.05, 4.69) is 0 Å². The minimum Gasteiger partial charge on any atom is -0.201 e. The van der Waals surface area contributed by atoms with Crippen LogP contribution in [0.15, 0.2) is 66.9 Å². The van der Waals surface area contributed by atoms with Crippen LogP contribution in [0.3, 0.4) is 0 Å². The van der Waals surface area contributed by atoms with E-state index < -0.39 is 37.7 Å². The van der Waals surface area contributed by atoms with E-state index in [1.54, 1.807) is 29.8 Å². The maximum absolute atomic E-state index is 13.2. The molecule has 4 rings (SSSR count). The molecule has 0 spiro atoms. The van der Waals surface area contributed by atoms with Gasteiger partial charge >= 0.3 is 6.18 Å². The second kappa shape index (κ2) is 9.48. The quantitative estimate of drug-likeness (QED) is 0.242. The molecule has 0 saturated carbocycles. The molecule has 0 aliphatic rings. The Morgan fingerprint density at radius 1 is 0.676 bits per heavy atom. The highest BCUT2D eigenvalue weighted by atomic mass is 19.4. The van der Waals surface area contributed by atoms with Crippen molar-refractivity contribution in [2.45, 2.75) is 59.8 Å². The Morgan fingerprint density at radius 3 is 1.81 bits per heavy atom. The Bertz CT molecular complexity index is 1740. The molecule has 192 valence electrons. The summed E-state index contributed by atoms with van der Waals surface area (Å²) >= 11 is 0. The molecule has 4 aromatic rings. The minimum absolute atomic E-state index is 0.0508. The lowest BCUT2D eigenvalue weighted by molar-refractivity contribution is -0.660. The summed E-state index contributed by atoms with van der Waals surface area (Å²) in [6, 6.07) is 14.4. The van der Waals surface area contributed by atoms with E-state index in [4.69, 9.17) is 12.3 Å². The van der Waals surface area contributed by atoms with E-state index in [0.29, 0.717) is 27.9 Å². The van der Waals surface area contributed by atoms with Gasteiger partial charge in [-0.05, 0) is 95.6 Å². The van der Waals surface area contributed by atoms with Gasteiger partial charge in [-0.2, -0.15) is 13.2 Å². The summed E-state index contributed by atoms with van der Waals surface area (Å²) in [5.41, 5.74) is 0.968. The number of hydrogen-bond acceptors (Lipinski definition) is 0. The van der Waals surface area contributed by atoms with Crippen LogP contribution in [0.25, 0.3) is 33.5 Å². The van der Waals surface area contributed by atoms with Crippen LogP contribution in [0, 0.1) is 27.5 Å². The van der Waals surface area contributed by atoms with Crippen molar-refractivity contribution in [3.8, 4) is 33.5 Å². The first-order valence-corrected chi connectivity index (χ1v) is 11.8. The maximum atomic E-state index is 13.2. The number of hydrogen-bond donors (Lipinski definition) is 0. The van der Waals surface area contributed by atoms with Gasteiger partial charge in [-0.25, -0.2) is 4.57 Å². The highest BCUT2D eigenvalue weighted by Crippen LogP contribution is 2.37. The molecule has 3 aromatic carbocycles. The van der Waals surface area contributed by atoms with Gasteiger partial charge in [-0.1, -0.05) is 57.2 Å². The van der Waals surface area contributed by atoms with Crippen molar-refractivity contribution in [3.63, 3.8) is 0 Å². The van der Waals surface area contributed by atoms with Crippen molar-refractivity contribution in [1.29, 1.82) is 0 Å². The van der Waals surface area contributed by atoms with Gasteiger partial charge in [0.25, 0.3) is 0 Å². The first-order valence-electron chi connectivity index (χ1n) is 16.3. The third kappa shape index (κ3) is 5.34. The molecular formula is C33H35F3N+. The topological polar surface area (TPSA) is 3.88 Å². The lowest BCUT2D eigenvalue weighted by atomic mass is 9.82. The Morgan fingerprint density at radius 2 is 1.27 bits per heavy atom. The van der Waals surface area contributed by atoms with Crippen molar-refractivity contribution < 1.29 is 30.1 Å². The summed E-state index contributed by atoms with van der Waals surface area (Å²) in [6.07, 6.45) is -3.13. The number of nitrogens with zero attached hydrogens (tertiary/aromatic N) is 1. The SMILES string of the molecule is [2H]C([2H])([2H])c1c[n+](C)c(-c2cc(-c3ccc(C(F)(F)F)cc3)ccc2C)cc1-c1c(C([2H])([2H])[2H])cc(C(C)(C)C)cc1C([2H])([2H])[2H]. The molecule has 0 fully saturated rings. The zero-order valence-corrected chi connectivity index (χ0v) is 21.4. The summed E-state index contributed by atoms with van der Waals surface area (Å²) in [6.45, 7) is -1.04. The molecule has 0 aliphatic heterocycles.